The molecule has 0 spiro atoms. The lowest BCUT2D eigenvalue weighted by atomic mass is 9.86. The summed E-state index contributed by atoms with van der Waals surface area (Å²) in [4.78, 5) is 26.6. The number of nitrogens with one attached hydrogen (secondary N) is 2. The standard InChI is InChI=1S/C18H22N2O3/c1-11-15(14-4-2-3-5-16(14)19-11)10-17(21)20-13-8-6-12(7-9-13)18(22)23/h2-5,12-13,19H,6-10H2,1H3,(H,20,21)(H,22,23). The summed E-state index contributed by atoms with van der Waals surface area (Å²) < 4.78 is 0. The minimum atomic E-state index is -0.718. The number of aryl methyl sites for hydroxylation is 1. The first-order valence-corrected chi connectivity index (χ1v) is 8.13. The normalized spacial score (nSPS) is 21.3. The van der Waals surface area contributed by atoms with Gasteiger partial charge in [-0.1, -0.05) is 18.2 Å². The first-order chi connectivity index (χ1) is 11.0. The number of hydrogen-bond acceptors (Lipinski definition) is 2. The van der Waals surface area contributed by atoms with E-state index >= 15 is 0 Å². The molecule has 3 N–H and O–H groups in total. The highest BCUT2D eigenvalue weighted by molar-refractivity contribution is 5.90. The molecule has 0 atom stereocenters. The zero-order chi connectivity index (χ0) is 16.4. The number of amides is 1. The van der Waals surface area contributed by atoms with E-state index < -0.39 is 5.97 Å². The lowest BCUT2D eigenvalue weighted by Gasteiger charge is -2.26. The van der Waals surface area contributed by atoms with Crippen molar-refractivity contribution < 1.29 is 14.7 Å². The van der Waals surface area contributed by atoms with Gasteiger partial charge in [0.25, 0.3) is 0 Å². The first kappa shape index (κ1) is 15.6. The number of carbonyl (C=O) groups excluding carboxylic acids is 1. The van der Waals surface area contributed by atoms with E-state index in [9.17, 15) is 9.59 Å². The summed E-state index contributed by atoms with van der Waals surface area (Å²) in [5.74, 6) is -0.958. The van der Waals surface area contributed by atoms with Gasteiger partial charge in [0.15, 0.2) is 0 Å². The maximum atomic E-state index is 12.3. The smallest absolute Gasteiger partial charge is 0.306 e. The molecule has 1 aromatic heterocycles. The zero-order valence-corrected chi connectivity index (χ0v) is 13.3. The summed E-state index contributed by atoms with van der Waals surface area (Å²) in [7, 11) is 0. The van der Waals surface area contributed by atoms with E-state index in [1.54, 1.807) is 0 Å². The van der Waals surface area contributed by atoms with Gasteiger partial charge in [-0.05, 0) is 44.2 Å². The molecule has 1 saturated carbocycles. The van der Waals surface area contributed by atoms with Gasteiger partial charge in [0.05, 0.1) is 12.3 Å². The number of para-hydroxylation sites is 1. The molecule has 1 amide bonds. The Morgan fingerprint density at radius 1 is 1.22 bits per heavy atom. The third-order valence-electron chi connectivity index (χ3n) is 4.81. The molecule has 5 nitrogen and oxygen atoms in total. The summed E-state index contributed by atoms with van der Waals surface area (Å²) in [6.45, 7) is 1.99. The highest BCUT2D eigenvalue weighted by atomic mass is 16.4. The molecule has 0 unspecified atom stereocenters. The summed E-state index contributed by atoms with van der Waals surface area (Å²) in [6, 6.07) is 8.09. The van der Waals surface area contributed by atoms with Gasteiger partial charge in [-0.3, -0.25) is 9.59 Å². The molecule has 0 saturated heterocycles. The Morgan fingerprint density at radius 2 is 1.91 bits per heavy atom. The van der Waals surface area contributed by atoms with E-state index in [0.29, 0.717) is 19.3 Å². The Balaban J connectivity index is 1.61. The lowest BCUT2D eigenvalue weighted by molar-refractivity contribution is -0.142. The second kappa shape index (κ2) is 6.44. The van der Waals surface area contributed by atoms with Crippen LogP contribution >= 0.6 is 0 Å². The van der Waals surface area contributed by atoms with E-state index in [1.165, 1.54) is 0 Å². The van der Waals surface area contributed by atoms with Crippen LogP contribution in [0.4, 0.5) is 0 Å². The van der Waals surface area contributed by atoms with Crippen molar-refractivity contribution in [2.75, 3.05) is 0 Å². The molecule has 5 heteroatoms. The number of benzene rings is 1. The molecular weight excluding hydrogens is 292 g/mol. The van der Waals surface area contributed by atoms with Gasteiger partial charge >= 0.3 is 5.97 Å². The van der Waals surface area contributed by atoms with Crippen molar-refractivity contribution in [2.45, 2.75) is 45.1 Å². The molecule has 1 fully saturated rings. The lowest BCUT2D eigenvalue weighted by Crippen LogP contribution is -2.39. The summed E-state index contributed by atoms with van der Waals surface area (Å²) >= 11 is 0. The number of aromatic nitrogens is 1. The zero-order valence-electron chi connectivity index (χ0n) is 13.3. The number of aliphatic carboxylic acids is 1. The highest BCUT2D eigenvalue weighted by Crippen LogP contribution is 2.25. The minimum Gasteiger partial charge on any atom is -0.481 e. The van der Waals surface area contributed by atoms with Crippen LogP contribution in [0, 0.1) is 12.8 Å². The molecule has 2 aromatic rings. The number of rotatable bonds is 4. The van der Waals surface area contributed by atoms with Crippen LogP contribution in [0.5, 0.6) is 0 Å². The number of hydrogen-bond donors (Lipinski definition) is 3. The van der Waals surface area contributed by atoms with E-state index in [2.05, 4.69) is 10.3 Å². The Bertz CT molecular complexity index is 727. The van der Waals surface area contributed by atoms with Crippen LogP contribution in [-0.4, -0.2) is 28.0 Å². The average molecular weight is 314 g/mol. The Morgan fingerprint density at radius 3 is 2.61 bits per heavy atom. The van der Waals surface area contributed by atoms with Gasteiger partial charge in [-0.15, -0.1) is 0 Å². The number of carboxylic acid groups (broad SMARTS) is 1. The minimum absolute atomic E-state index is 0.0108. The van der Waals surface area contributed by atoms with Crippen LogP contribution in [0.3, 0.4) is 0 Å². The van der Waals surface area contributed by atoms with E-state index in [4.69, 9.17) is 5.11 Å². The van der Waals surface area contributed by atoms with Crippen molar-refractivity contribution in [2.24, 2.45) is 5.92 Å². The molecule has 1 aliphatic carbocycles. The third-order valence-corrected chi connectivity index (χ3v) is 4.81. The predicted octanol–water partition coefficient (Wildman–Crippen LogP) is 2.78. The maximum absolute atomic E-state index is 12.3. The van der Waals surface area contributed by atoms with Gasteiger partial charge in [0, 0.05) is 22.6 Å². The van der Waals surface area contributed by atoms with Crippen molar-refractivity contribution >= 4 is 22.8 Å². The summed E-state index contributed by atoms with van der Waals surface area (Å²) in [6.07, 6.45) is 3.14. The van der Waals surface area contributed by atoms with Crippen LogP contribution in [0.2, 0.25) is 0 Å². The van der Waals surface area contributed by atoms with Crippen LogP contribution in [-0.2, 0) is 16.0 Å². The predicted molar refractivity (Wildman–Crippen MR) is 88.3 cm³/mol. The second-order valence-electron chi connectivity index (χ2n) is 6.41. The quantitative estimate of drug-likeness (QED) is 0.811. The summed E-state index contributed by atoms with van der Waals surface area (Å²) in [5.41, 5.74) is 3.11. The number of H-pyrrole nitrogens is 1. The van der Waals surface area contributed by atoms with E-state index in [-0.39, 0.29) is 17.9 Å². The van der Waals surface area contributed by atoms with Crippen molar-refractivity contribution in [3.05, 3.63) is 35.5 Å². The van der Waals surface area contributed by atoms with Crippen LogP contribution in [0.1, 0.15) is 36.9 Å². The van der Waals surface area contributed by atoms with Crippen LogP contribution < -0.4 is 5.32 Å². The average Bonchev–Trinajstić information content (AvgIpc) is 2.84. The highest BCUT2D eigenvalue weighted by Gasteiger charge is 2.26. The monoisotopic (exact) mass is 314 g/mol. The Hall–Kier alpha value is -2.30. The van der Waals surface area contributed by atoms with E-state index in [1.807, 2.05) is 31.2 Å². The van der Waals surface area contributed by atoms with Crippen molar-refractivity contribution in [3.63, 3.8) is 0 Å². The number of aromatic amines is 1. The third kappa shape index (κ3) is 3.38. The molecule has 1 heterocycles. The largest absolute Gasteiger partial charge is 0.481 e. The fraction of sp³-hybridized carbons (Fsp3) is 0.444. The van der Waals surface area contributed by atoms with Gasteiger partial charge in [-0.25, -0.2) is 0 Å². The number of carboxylic acids is 1. The molecule has 0 radical (unpaired) electrons. The van der Waals surface area contributed by atoms with Crippen molar-refractivity contribution in [1.29, 1.82) is 0 Å². The second-order valence-corrected chi connectivity index (χ2v) is 6.41. The molecule has 3 rings (SSSR count). The molecule has 0 bridgehead atoms. The Labute approximate surface area is 135 Å². The Kier molecular flexibility index (Phi) is 4.37. The van der Waals surface area contributed by atoms with Gasteiger partial charge in [-0.2, -0.15) is 0 Å². The fourth-order valence-electron chi connectivity index (χ4n) is 3.49. The number of fused-ring (bicyclic) bond motifs is 1. The van der Waals surface area contributed by atoms with Crippen LogP contribution in [0.15, 0.2) is 24.3 Å². The molecule has 1 aromatic carbocycles. The van der Waals surface area contributed by atoms with Crippen LogP contribution in [0.25, 0.3) is 10.9 Å². The molecule has 122 valence electrons. The van der Waals surface area contributed by atoms with Crippen molar-refractivity contribution in [3.8, 4) is 0 Å². The van der Waals surface area contributed by atoms with Gasteiger partial charge < -0.3 is 15.4 Å². The maximum Gasteiger partial charge on any atom is 0.306 e. The van der Waals surface area contributed by atoms with Gasteiger partial charge in [0.1, 0.15) is 0 Å². The first-order valence-electron chi connectivity index (χ1n) is 8.13. The number of carbonyl (C=O) groups is 2. The topological polar surface area (TPSA) is 82.2 Å². The van der Waals surface area contributed by atoms with E-state index in [0.717, 1.165) is 35.0 Å². The summed E-state index contributed by atoms with van der Waals surface area (Å²) in [5, 5.41) is 13.2. The molecule has 23 heavy (non-hydrogen) atoms. The fourth-order valence-corrected chi connectivity index (χ4v) is 3.49. The molecule has 0 aliphatic heterocycles. The molecular formula is C18H22N2O3. The molecule has 1 aliphatic rings. The SMILES string of the molecule is Cc1[nH]c2ccccc2c1CC(=O)NC1CCC(C(=O)O)CC1. The van der Waals surface area contributed by atoms with Crippen molar-refractivity contribution in [1.82, 2.24) is 10.3 Å². The van der Waals surface area contributed by atoms with Gasteiger partial charge in [0.2, 0.25) is 5.91 Å².